The number of nitrogens with zero attached hydrogens (tertiary/aromatic N) is 2. The van der Waals surface area contributed by atoms with Gasteiger partial charge in [0, 0.05) is 16.8 Å². The molecule has 24 heavy (non-hydrogen) atoms. The summed E-state index contributed by atoms with van der Waals surface area (Å²) in [4.78, 5) is 4.84. The van der Waals surface area contributed by atoms with Crippen LogP contribution in [-0.2, 0) is 0 Å². The van der Waals surface area contributed by atoms with Gasteiger partial charge in [-0.15, -0.1) is 0 Å². The summed E-state index contributed by atoms with van der Waals surface area (Å²) in [6.45, 7) is 4.42. The van der Waals surface area contributed by atoms with Crippen LogP contribution in [-0.4, -0.2) is 4.98 Å². The fraction of sp³-hybridized carbons (Fsp3) is 0.143. The third kappa shape index (κ3) is 3.00. The van der Waals surface area contributed by atoms with Gasteiger partial charge in [0.1, 0.15) is 0 Å². The van der Waals surface area contributed by atoms with E-state index < -0.39 is 0 Å². The second kappa shape index (κ2) is 6.85. The molecular formula is C21H19IN2. The van der Waals surface area contributed by atoms with Crippen molar-refractivity contribution >= 4 is 21.8 Å². The highest BCUT2D eigenvalue weighted by Gasteiger charge is 2.15. The molecule has 4 aromatic rings. The molecule has 2 aromatic heterocycles. The number of aromatic nitrogens is 2. The molecule has 0 N–H and O–H groups in total. The van der Waals surface area contributed by atoms with E-state index in [1.165, 1.54) is 16.3 Å². The minimum absolute atomic E-state index is 0. The van der Waals surface area contributed by atoms with Crippen LogP contribution in [0.1, 0.15) is 19.9 Å². The first-order chi connectivity index (χ1) is 11.2. The summed E-state index contributed by atoms with van der Waals surface area (Å²) in [5, 5.41) is 2.42. The normalized spacial score (nSPS) is 11.0. The zero-order chi connectivity index (χ0) is 15.8. The van der Waals surface area contributed by atoms with Crippen molar-refractivity contribution in [2.45, 2.75) is 19.9 Å². The maximum atomic E-state index is 4.84. The number of pyridine rings is 2. The Kier molecular flexibility index (Phi) is 4.81. The molecule has 0 radical (unpaired) electrons. The van der Waals surface area contributed by atoms with Crippen molar-refractivity contribution in [3.8, 4) is 11.3 Å². The van der Waals surface area contributed by atoms with Crippen LogP contribution in [0.5, 0.6) is 0 Å². The van der Waals surface area contributed by atoms with Crippen molar-refractivity contribution < 1.29 is 28.5 Å². The molecule has 0 aliphatic heterocycles. The van der Waals surface area contributed by atoms with E-state index in [1.807, 2.05) is 12.1 Å². The molecule has 0 saturated heterocycles. The number of benzene rings is 2. The third-order valence-corrected chi connectivity index (χ3v) is 4.25. The van der Waals surface area contributed by atoms with Crippen molar-refractivity contribution in [3.05, 3.63) is 72.9 Å². The lowest BCUT2D eigenvalue weighted by Crippen LogP contribution is -3.00. The first kappa shape index (κ1) is 16.8. The molecule has 0 aliphatic carbocycles. The summed E-state index contributed by atoms with van der Waals surface area (Å²) >= 11 is 0. The molecule has 0 amide bonds. The van der Waals surface area contributed by atoms with E-state index in [2.05, 4.69) is 79.2 Å². The lowest BCUT2D eigenvalue weighted by Gasteiger charge is -2.08. The van der Waals surface area contributed by atoms with Gasteiger partial charge in [0.15, 0.2) is 12.2 Å². The lowest BCUT2D eigenvalue weighted by atomic mass is 10.1. The highest BCUT2D eigenvalue weighted by Crippen LogP contribution is 2.23. The smallest absolute Gasteiger partial charge is 0.212 e. The summed E-state index contributed by atoms with van der Waals surface area (Å²) < 4.78 is 2.32. The van der Waals surface area contributed by atoms with Crippen LogP contribution in [0, 0.1) is 0 Å². The van der Waals surface area contributed by atoms with Gasteiger partial charge in [-0.2, -0.15) is 4.57 Å². The van der Waals surface area contributed by atoms with Crippen molar-refractivity contribution in [2.75, 3.05) is 0 Å². The Morgan fingerprint density at radius 1 is 0.833 bits per heavy atom. The first-order valence-electron chi connectivity index (χ1n) is 8.02. The molecule has 0 unspecified atom stereocenters. The maximum Gasteiger partial charge on any atom is 0.212 e. The molecule has 2 heterocycles. The second-order valence-corrected chi connectivity index (χ2v) is 6.18. The zero-order valence-corrected chi connectivity index (χ0v) is 15.9. The quantitative estimate of drug-likeness (QED) is 0.354. The fourth-order valence-corrected chi connectivity index (χ4v) is 3.06. The van der Waals surface area contributed by atoms with Crippen LogP contribution in [0.15, 0.2) is 72.9 Å². The van der Waals surface area contributed by atoms with Gasteiger partial charge < -0.3 is 24.0 Å². The van der Waals surface area contributed by atoms with Crippen molar-refractivity contribution in [2.24, 2.45) is 0 Å². The monoisotopic (exact) mass is 426 g/mol. The van der Waals surface area contributed by atoms with E-state index in [9.17, 15) is 0 Å². The minimum Gasteiger partial charge on any atom is -1.00 e. The molecule has 3 heteroatoms. The van der Waals surface area contributed by atoms with Crippen LogP contribution in [0.2, 0.25) is 0 Å². The molecule has 0 aliphatic rings. The molecule has 2 aromatic carbocycles. The number of fused-ring (bicyclic) bond motifs is 2. The summed E-state index contributed by atoms with van der Waals surface area (Å²) in [7, 11) is 0. The molecule has 0 fully saturated rings. The predicted molar refractivity (Wildman–Crippen MR) is 95.3 cm³/mol. The van der Waals surface area contributed by atoms with Gasteiger partial charge in [-0.3, -0.25) is 0 Å². The summed E-state index contributed by atoms with van der Waals surface area (Å²) in [6, 6.07) is 23.7. The molecule has 0 atom stereocenters. The molecule has 4 rings (SSSR count). The van der Waals surface area contributed by atoms with Gasteiger partial charge in [-0.05, 0) is 38.1 Å². The van der Waals surface area contributed by atoms with Crippen molar-refractivity contribution in [1.82, 2.24) is 4.98 Å². The van der Waals surface area contributed by atoms with E-state index in [0.29, 0.717) is 6.04 Å². The summed E-state index contributed by atoms with van der Waals surface area (Å²) in [5.74, 6) is 0. The van der Waals surface area contributed by atoms with E-state index in [1.54, 1.807) is 0 Å². The van der Waals surface area contributed by atoms with Gasteiger partial charge in [-0.1, -0.05) is 36.4 Å². The Morgan fingerprint density at radius 3 is 2.33 bits per heavy atom. The standard InChI is InChI=1S/C21H19N2.HI/c1-15(2)23-14-18(13-17-8-4-6-10-21(17)23)20-12-11-16-7-3-5-9-19(16)22-20;/h3-15H,1-2H3;1H/q+1;/p-1. The van der Waals surface area contributed by atoms with Crippen LogP contribution in [0.4, 0.5) is 0 Å². The zero-order valence-electron chi connectivity index (χ0n) is 13.8. The Morgan fingerprint density at radius 2 is 1.54 bits per heavy atom. The van der Waals surface area contributed by atoms with Gasteiger partial charge in [0.2, 0.25) is 5.52 Å². The van der Waals surface area contributed by atoms with Crippen LogP contribution in [0.25, 0.3) is 33.1 Å². The van der Waals surface area contributed by atoms with E-state index >= 15 is 0 Å². The van der Waals surface area contributed by atoms with Crippen LogP contribution in [0.3, 0.4) is 0 Å². The van der Waals surface area contributed by atoms with Crippen LogP contribution < -0.4 is 28.5 Å². The highest BCUT2D eigenvalue weighted by atomic mass is 127. The lowest BCUT2D eigenvalue weighted by molar-refractivity contribution is -0.690. The molecule has 2 nitrogen and oxygen atoms in total. The minimum atomic E-state index is 0. The van der Waals surface area contributed by atoms with Gasteiger partial charge in [-0.25, -0.2) is 4.98 Å². The van der Waals surface area contributed by atoms with Gasteiger partial charge in [0.05, 0.1) is 16.8 Å². The second-order valence-electron chi connectivity index (χ2n) is 6.18. The summed E-state index contributed by atoms with van der Waals surface area (Å²) in [5.41, 5.74) is 4.47. The van der Waals surface area contributed by atoms with E-state index in [0.717, 1.165) is 16.8 Å². The molecule has 120 valence electrons. The van der Waals surface area contributed by atoms with Crippen LogP contribution >= 0.6 is 0 Å². The first-order valence-corrected chi connectivity index (χ1v) is 8.02. The number of halogens is 1. The Bertz CT molecular complexity index is 1010. The Hall–Kier alpha value is -2.01. The maximum absolute atomic E-state index is 4.84. The van der Waals surface area contributed by atoms with Gasteiger partial charge >= 0.3 is 0 Å². The molecular weight excluding hydrogens is 407 g/mol. The number of rotatable bonds is 2. The third-order valence-electron chi connectivity index (χ3n) is 4.25. The fourth-order valence-electron chi connectivity index (χ4n) is 3.06. The molecule has 0 spiro atoms. The summed E-state index contributed by atoms with van der Waals surface area (Å²) in [6.07, 6.45) is 2.21. The molecule has 0 bridgehead atoms. The largest absolute Gasteiger partial charge is 1.00 e. The van der Waals surface area contributed by atoms with Crippen molar-refractivity contribution in [1.29, 1.82) is 0 Å². The predicted octanol–water partition coefficient (Wildman–Crippen LogP) is 1.93. The Balaban J connectivity index is 0.00000169. The van der Waals surface area contributed by atoms with Gasteiger partial charge in [0.25, 0.3) is 0 Å². The number of hydrogen-bond donors (Lipinski definition) is 0. The van der Waals surface area contributed by atoms with E-state index in [4.69, 9.17) is 4.98 Å². The van der Waals surface area contributed by atoms with E-state index in [-0.39, 0.29) is 24.0 Å². The highest BCUT2D eigenvalue weighted by molar-refractivity contribution is 5.84. The number of para-hydroxylation sites is 2. The average molecular weight is 426 g/mol. The number of hydrogen-bond acceptors (Lipinski definition) is 1. The average Bonchev–Trinajstić information content (AvgIpc) is 2.60. The molecule has 0 saturated carbocycles. The van der Waals surface area contributed by atoms with Crippen molar-refractivity contribution in [3.63, 3.8) is 0 Å². The SMILES string of the molecule is CC(C)[n+]1cc(-c2ccc3ccccc3n2)cc2ccccc21.[I-]. The Labute approximate surface area is 159 Å². The topological polar surface area (TPSA) is 16.8 Å².